The zero-order chi connectivity index (χ0) is 18.0. The van der Waals surface area contributed by atoms with Crippen molar-refractivity contribution in [3.63, 3.8) is 0 Å². The Hall–Kier alpha value is -2.74. The van der Waals surface area contributed by atoms with Crippen LogP contribution >= 0.6 is 11.3 Å². The summed E-state index contributed by atoms with van der Waals surface area (Å²) >= 11 is 1.40. The predicted molar refractivity (Wildman–Crippen MR) is 93.4 cm³/mol. The lowest BCUT2D eigenvalue weighted by molar-refractivity contribution is -0.384. The number of nitrogens with one attached hydrogen (secondary N) is 1. The van der Waals surface area contributed by atoms with Crippen LogP contribution in [0.2, 0.25) is 0 Å². The molecular weight excluding hydrogens is 344 g/mol. The number of hydrogen-bond donors (Lipinski definition) is 1. The van der Waals surface area contributed by atoms with E-state index >= 15 is 0 Å². The summed E-state index contributed by atoms with van der Waals surface area (Å²) in [6.45, 7) is 0. The topological polar surface area (TPSA) is 98.5 Å². The Morgan fingerprint density at radius 2 is 1.88 bits per heavy atom. The molecule has 1 aromatic carbocycles. The molecular formula is C17H16N2O5S. The monoisotopic (exact) mass is 360 g/mol. The molecule has 0 atom stereocenters. The minimum atomic E-state index is -0.523. The Kier molecular flexibility index (Phi) is 4.80. The molecule has 1 aromatic heterocycles. The fraction of sp³-hybridized carbons (Fsp3) is 0.294. The number of hydrogen-bond acceptors (Lipinski definition) is 6. The number of amides is 1. The summed E-state index contributed by atoms with van der Waals surface area (Å²) in [4.78, 5) is 35.9. The number of carbonyl (C=O) groups excluding carboxylic acids is 2. The Labute approximate surface area is 147 Å². The van der Waals surface area contributed by atoms with E-state index in [9.17, 15) is 19.7 Å². The molecule has 0 spiro atoms. The van der Waals surface area contributed by atoms with Gasteiger partial charge in [-0.25, -0.2) is 4.79 Å². The molecule has 1 aliphatic carbocycles. The molecule has 0 fully saturated rings. The third-order valence-corrected chi connectivity index (χ3v) is 5.34. The van der Waals surface area contributed by atoms with Gasteiger partial charge in [0.15, 0.2) is 0 Å². The lowest BCUT2D eigenvalue weighted by atomic mass is 9.95. The maximum atomic E-state index is 12.4. The molecule has 1 amide bonds. The third-order valence-electron chi connectivity index (χ3n) is 4.13. The first-order valence-corrected chi connectivity index (χ1v) is 8.61. The lowest BCUT2D eigenvalue weighted by Gasteiger charge is -2.11. The Morgan fingerprint density at radius 3 is 2.52 bits per heavy atom. The van der Waals surface area contributed by atoms with Gasteiger partial charge in [-0.3, -0.25) is 14.9 Å². The van der Waals surface area contributed by atoms with Crippen LogP contribution < -0.4 is 5.32 Å². The number of nitro groups is 1. The van der Waals surface area contributed by atoms with Crippen molar-refractivity contribution in [3.05, 3.63) is 55.9 Å². The quantitative estimate of drug-likeness (QED) is 0.510. The number of rotatable bonds is 4. The van der Waals surface area contributed by atoms with Crippen molar-refractivity contribution in [1.82, 2.24) is 0 Å². The maximum Gasteiger partial charge on any atom is 0.341 e. The molecule has 130 valence electrons. The highest BCUT2D eigenvalue weighted by atomic mass is 32.1. The van der Waals surface area contributed by atoms with E-state index in [4.69, 9.17) is 4.74 Å². The second-order valence-corrected chi connectivity index (χ2v) is 6.77. The van der Waals surface area contributed by atoms with Crippen LogP contribution in [0.5, 0.6) is 0 Å². The van der Waals surface area contributed by atoms with Crippen LogP contribution in [0.4, 0.5) is 10.7 Å². The van der Waals surface area contributed by atoms with Crippen LogP contribution in [-0.2, 0) is 17.6 Å². The molecule has 7 nitrogen and oxygen atoms in total. The van der Waals surface area contributed by atoms with Crippen molar-refractivity contribution < 1.29 is 19.2 Å². The molecule has 1 aliphatic rings. The number of methoxy groups -OCH3 is 1. The summed E-state index contributed by atoms with van der Waals surface area (Å²) in [6.07, 6.45) is 3.74. The molecule has 8 heteroatoms. The second kappa shape index (κ2) is 7.02. The van der Waals surface area contributed by atoms with Gasteiger partial charge in [-0.15, -0.1) is 11.3 Å². The van der Waals surface area contributed by atoms with E-state index in [0.29, 0.717) is 10.6 Å². The first kappa shape index (κ1) is 17.1. The van der Waals surface area contributed by atoms with Gasteiger partial charge in [-0.2, -0.15) is 0 Å². The molecule has 0 aliphatic heterocycles. The summed E-state index contributed by atoms with van der Waals surface area (Å²) < 4.78 is 4.87. The minimum absolute atomic E-state index is 0.0848. The van der Waals surface area contributed by atoms with Crippen molar-refractivity contribution in [2.24, 2.45) is 0 Å². The van der Waals surface area contributed by atoms with E-state index in [1.54, 1.807) is 0 Å². The number of esters is 1. The minimum Gasteiger partial charge on any atom is -0.465 e. The number of fused-ring (bicyclic) bond motifs is 1. The summed E-state index contributed by atoms with van der Waals surface area (Å²) in [5, 5.41) is 13.9. The van der Waals surface area contributed by atoms with Crippen molar-refractivity contribution in [2.75, 3.05) is 12.4 Å². The van der Waals surface area contributed by atoms with E-state index in [2.05, 4.69) is 5.32 Å². The molecule has 0 bridgehead atoms. The second-order valence-electron chi connectivity index (χ2n) is 5.66. The predicted octanol–water partition coefficient (Wildman–Crippen LogP) is 3.57. The molecule has 0 saturated heterocycles. The molecule has 0 saturated carbocycles. The summed E-state index contributed by atoms with van der Waals surface area (Å²) in [5.41, 5.74) is 1.59. The molecule has 1 heterocycles. The normalized spacial score (nSPS) is 13.0. The molecule has 25 heavy (non-hydrogen) atoms. The molecule has 0 radical (unpaired) electrons. The average molecular weight is 360 g/mol. The average Bonchev–Trinajstić information content (AvgIpc) is 2.98. The van der Waals surface area contributed by atoms with Crippen LogP contribution in [0, 0.1) is 10.1 Å². The first-order chi connectivity index (χ1) is 12.0. The SMILES string of the molecule is COC(=O)c1c(NC(=O)c2ccc([N+](=O)[O-])cc2)sc2c1CCCC2. The zero-order valence-electron chi connectivity index (χ0n) is 13.5. The van der Waals surface area contributed by atoms with Gasteiger partial charge < -0.3 is 10.1 Å². The first-order valence-electron chi connectivity index (χ1n) is 7.80. The van der Waals surface area contributed by atoms with Crippen molar-refractivity contribution >= 4 is 33.9 Å². The van der Waals surface area contributed by atoms with Crippen molar-refractivity contribution in [1.29, 1.82) is 0 Å². The molecule has 2 aromatic rings. The van der Waals surface area contributed by atoms with Crippen molar-refractivity contribution in [3.8, 4) is 0 Å². The fourth-order valence-electron chi connectivity index (χ4n) is 2.88. The zero-order valence-corrected chi connectivity index (χ0v) is 14.4. The third kappa shape index (κ3) is 3.39. The number of benzene rings is 1. The van der Waals surface area contributed by atoms with Crippen LogP contribution in [0.25, 0.3) is 0 Å². The Bertz CT molecular complexity index is 841. The van der Waals surface area contributed by atoms with E-state index < -0.39 is 16.8 Å². The lowest BCUT2D eigenvalue weighted by Crippen LogP contribution is -2.15. The van der Waals surface area contributed by atoms with E-state index in [1.165, 1.54) is 42.7 Å². The van der Waals surface area contributed by atoms with Crippen LogP contribution in [0.3, 0.4) is 0 Å². The van der Waals surface area contributed by atoms with Gasteiger partial charge in [0.25, 0.3) is 11.6 Å². The van der Waals surface area contributed by atoms with E-state index in [0.717, 1.165) is 36.1 Å². The maximum absolute atomic E-state index is 12.4. The van der Waals surface area contributed by atoms with E-state index in [1.807, 2.05) is 0 Å². The number of ether oxygens (including phenoxy) is 1. The van der Waals surface area contributed by atoms with Gasteiger partial charge in [0.1, 0.15) is 5.00 Å². The highest BCUT2D eigenvalue weighted by Crippen LogP contribution is 2.38. The summed E-state index contributed by atoms with van der Waals surface area (Å²) in [5.74, 6) is -0.878. The fourth-order valence-corrected chi connectivity index (χ4v) is 4.15. The number of aryl methyl sites for hydroxylation is 1. The number of thiophene rings is 1. The van der Waals surface area contributed by atoms with Gasteiger partial charge in [-0.1, -0.05) is 0 Å². The number of non-ortho nitro benzene ring substituents is 1. The van der Waals surface area contributed by atoms with Gasteiger partial charge in [0.05, 0.1) is 17.6 Å². The summed E-state index contributed by atoms with van der Waals surface area (Å²) in [7, 11) is 1.32. The summed E-state index contributed by atoms with van der Waals surface area (Å²) in [6, 6.07) is 5.32. The number of anilines is 1. The number of nitrogens with zero attached hydrogens (tertiary/aromatic N) is 1. The molecule has 3 rings (SSSR count). The standard InChI is InChI=1S/C17H16N2O5S/c1-24-17(21)14-12-4-2-3-5-13(12)25-16(14)18-15(20)10-6-8-11(9-7-10)19(22)23/h6-9H,2-5H2,1H3,(H,18,20). The van der Waals surface area contributed by atoms with E-state index in [-0.39, 0.29) is 11.3 Å². The smallest absolute Gasteiger partial charge is 0.341 e. The van der Waals surface area contributed by atoms with Gasteiger partial charge >= 0.3 is 5.97 Å². The van der Waals surface area contributed by atoms with Crippen LogP contribution in [-0.4, -0.2) is 23.9 Å². The number of nitro benzene ring substituents is 1. The molecule has 1 N–H and O–H groups in total. The highest BCUT2D eigenvalue weighted by molar-refractivity contribution is 7.17. The molecule has 0 unspecified atom stereocenters. The van der Waals surface area contributed by atoms with Crippen LogP contribution in [0.1, 0.15) is 44.0 Å². The van der Waals surface area contributed by atoms with Crippen molar-refractivity contribution in [2.45, 2.75) is 25.7 Å². The Morgan fingerprint density at radius 1 is 1.20 bits per heavy atom. The largest absolute Gasteiger partial charge is 0.465 e. The van der Waals surface area contributed by atoms with Crippen LogP contribution in [0.15, 0.2) is 24.3 Å². The van der Waals surface area contributed by atoms with Gasteiger partial charge in [0, 0.05) is 22.6 Å². The Balaban J connectivity index is 1.89. The van der Waals surface area contributed by atoms with Gasteiger partial charge in [0.2, 0.25) is 0 Å². The van der Waals surface area contributed by atoms with Gasteiger partial charge in [-0.05, 0) is 43.4 Å². The number of carbonyl (C=O) groups is 2. The highest BCUT2D eigenvalue weighted by Gasteiger charge is 2.27.